The Labute approximate surface area is 222 Å². The number of aromatic nitrogens is 1. The zero-order valence-electron chi connectivity index (χ0n) is 21.3. The Hall–Kier alpha value is -2.89. The summed E-state index contributed by atoms with van der Waals surface area (Å²) in [6.45, 7) is 10.9. The first kappa shape index (κ1) is 26.2. The van der Waals surface area contributed by atoms with Crippen molar-refractivity contribution in [3.05, 3.63) is 67.8 Å². The Kier molecular flexibility index (Phi) is 8.01. The molecule has 0 radical (unpaired) electrons. The van der Waals surface area contributed by atoms with Gasteiger partial charge in [0.2, 0.25) is 0 Å². The number of thiocarbonyl (C=S) groups is 1. The standard InChI is InChI=1S/C28H32N4O2S2/c1-5-11-31-25(30-15-18(2)12-19(3)16-30)22(20(4)23(14-29)26(31)33)13-24-27(34)32(28(35)36-24)17-21-9-7-6-8-10-21/h6-10,13,18-19H,5,11-12,15-17H2,1-4H3/b24-13+. The molecule has 8 heteroatoms. The van der Waals surface area contributed by atoms with Crippen molar-refractivity contribution in [2.75, 3.05) is 18.0 Å². The third-order valence-electron chi connectivity index (χ3n) is 6.79. The fourth-order valence-corrected chi connectivity index (χ4v) is 6.52. The van der Waals surface area contributed by atoms with Crippen molar-refractivity contribution in [3.63, 3.8) is 0 Å². The van der Waals surface area contributed by atoms with E-state index >= 15 is 0 Å². The number of nitrogens with zero attached hydrogens (tertiary/aromatic N) is 4. The minimum absolute atomic E-state index is 0.135. The number of nitriles is 1. The van der Waals surface area contributed by atoms with Crippen LogP contribution in [0.2, 0.25) is 0 Å². The fourth-order valence-electron chi connectivity index (χ4n) is 5.29. The molecule has 188 valence electrons. The van der Waals surface area contributed by atoms with Gasteiger partial charge in [0, 0.05) is 25.2 Å². The van der Waals surface area contributed by atoms with E-state index in [0.717, 1.165) is 42.9 Å². The molecular weight excluding hydrogens is 488 g/mol. The van der Waals surface area contributed by atoms with E-state index in [0.29, 0.717) is 39.7 Å². The normalized spacial score (nSPS) is 21.4. The molecule has 0 bridgehead atoms. The molecule has 4 rings (SSSR count). The van der Waals surface area contributed by atoms with Gasteiger partial charge in [-0.15, -0.1) is 0 Å². The molecule has 0 saturated carbocycles. The number of carbonyl (C=O) groups excluding carboxylic acids is 1. The second-order valence-electron chi connectivity index (χ2n) is 9.91. The quantitative estimate of drug-likeness (QED) is 0.379. The molecule has 0 N–H and O–H groups in total. The van der Waals surface area contributed by atoms with Crippen molar-refractivity contribution in [2.24, 2.45) is 11.8 Å². The van der Waals surface area contributed by atoms with Gasteiger partial charge in [-0.2, -0.15) is 5.26 Å². The first-order chi connectivity index (χ1) is 17.2. The summed E-state index contributed by atoms with van der Waals surface area (Å²) in [5.74, 6) is 1.62. The van der Waals surface area contributed by atoms with Crippen molar-refractivity contribution in [3.8, 4) is 6.07 Å². The number of hydrogen-bond acceptors (Lipinski definition) is 6. The smallest absolute Gasteiger partial charge is 0.270 e. The van der Waals surface area contributed by atoms with Crippen LogP contribution in [-0.2, 0) is 17.9 Å². The highest BCUT2D eigenvalue weighted by molar-refractivity contribution is 8.26. The Morgan fingerprint density at radius 3 is 2.44 bits per heavy atom. The summed E-state index contributed by atoms with van der Waals surface area (Å²) >= 11 is 6.86. The highest BCUT2D eigenvalue weighted by atomic mass is 32.2. The molecule has 2 aromatic rings. The van der Waals surface area contributed by atoms with Gasteiger partial charge < -0.3 is 4.90 Å². The molecule has 1 amide bonds. The average Bonchev–Trinajstić information content (AvgIpc) is 3.10. The third-order valence-corrected chi connectivity index (χ3v) is 8.17. The van der Waals surface area contributed by atoms with Gasteiger partial charge in [-0.25, -0.2) is 0 Å². The third kappa shape index (κ3) is 5.14. The molecule has 1 aromatic heterocycles. The van der Waals surface area contributed by atoms with Crippen molar-refractivity contribution in [1.29, 1.82) is 5.26 Å². The highest BCUT2D eigenvalue weighted by Crippen LogP contribution is 2.37. The monoisotopic (exact) mass is 520 g/mol. The number of rotatable bonds is 6. The largest absolute Gasteiger partial charge is 0.357 e. The molecule has 0 aliphatic carbocycles. The lowest BCUT2D eigenvalue weighted by Crippen LogP contribution is -2.43. The molecule has 6 nitrogen and oxygen atoms in total. The molecule has 2 saturated heterocycles. The van der Waals surface area contributed by atoms with Gasteiger partial charge in [0.1, 0.15) is 21.8 Å². The fraction of sp³-hybridized carbons (Fsp3) is 0.429. The molecule has 1 aromatic carbocycles. The van der Waals surface area contributed by atoms with Crippen LogP contribution < -0.4 is 10.5 Å². The summed E-state index contributed by atoms with van der Waals surface area (Å²) in [7, 11) is 0. The molecule has 2 fully saturated rings. The maximum atomic E-state index is 13.5. The van der Waals surface area contributed by atoms with Gasteiger partial charge in [-0.05, 0) is 48.8 Å². The zero-order chi connectivity index (χ0) is 26.0. The number of benzene rings is 1. The molecule has 0 spiro atoms. The van der Waals surface area contributed by atoms with Crippen LogP contribution in [0.25, 0.3) is 6.08 Å². The van der Waals surface area contributed by atoms with Crippen LogP contribution >= 0.6 is 24.0 Å². The van der Waals surface area contributed by atoms with Gasteiger partial charge >= 0.3 is 0 Å². The summed E-state index contributed by atoms with van der Waals surface area (Å²) in [6.07, 6.45) is 3.75. The average molecular weight is 521 g/mol. The summed E-state index contributed by atoms with van der Waals surface area (Å²) in [4.78, 5) is 31.3. The van der Waals surface area contributed by atoms with Gasteiger partial charge in [-0.1, -0.05) is 75.1 Å². The van der Waals surface area contributed by atoms with Crippen LogP contribution in [0.3, 0.4) is 0 Å². The summed E-state index contributed by atoms with van der Waals surface area (Å²) < 4.78 is 2.25. The molecule has 2 unspecified atom stereocenters. The van der Waals surface area contributed by atoms with Crippen molar-refractivity contribution >= 4 is 46.1 Å². The van der Waals surface area contributed by atoms with E-state index in [1.807, 2.05) is 50.3 Å². The lowest BCUT2D eigenvalue weighted by atomic mass is 9.91. The van der Waals surface area contributed by atoms with Crippen LogP contribution in [-0.4, -0.2) is 32.8 Å². The Balaban J connectivity index is 1.84. The van der Waals surface area contributed by atoms with Crippen LogP contribution in [0.15, 0.2) is 40.0 Å². The van der Waals surface area contributed by atoms with Gasteiger partial charge in [0.05, 0.1) is 11.4 Å². The minimum atomic E-state index is -0.258. The van der Waals surface area contributed by atoms with E-state index in [9.17, 15) is 14.9 Å². The Bertz CT molecular complexity index is 1300. The number of hydrogen-bond donors (Lipinski definition) is 0. The lowest BCUT2D eigenvalue weighted by Gasteiger charge is -2.39. The van der Waals surface area contributed by atoms with E-state index in [1.165, 1.54) is 11.8 Å². The molecule has 2 aliphatic heterocycles. The topological polar surface area (TPSA) is 69.3 Å². The van der Waals surface area contributed by atoms with Crippen LogP contribution in [0, 0.1) is 30.1 Å². The van der Waals surface area contributed by atoms with Gasteiger partial charge in [0.15, 0.2) is 0 Å². The summed E-state index contributed by atoms with van der Waals surface area (Å²) in [5, 5.41) is 9.86. The van der Waals surface area contributed by atoms with E-state index in [1.54, 1.807) is 9.47 Å². The second kappa shape index (κ2) is 11.0. The number of pyridine rings is 1. The van der Waals surface area contributed by atoms with Crippen LogP contribution in [0.4, 0.5) is 5.82 Å². The second-order valence-corrected chi connectivity index (χ2v) is 11.6. The first-order valence-electron chi connectivity index (χ1n) is 12.5. The molecule has 3 heterocycles. The SMILES string of the molecule is CCCn1c(N2CC(C)CC(C)C2)c(/C=C2/SC(=S)N(Cc3ccccc3)C2=O)c(C)c(C#N)c1=O. The van der Waals surface area contributed by atoms with Crippen LogP contribution in [0.5, 0.6) is 0 Å². The predicted molar refractivity (Wildman–Crippen MR) is 151 cm³/mol. The van der Waals surface area contributed by atoms with Crippen LogP contribution in [0.1, 0.15) is 55.9 Å². The van der Waals surface area contributed by atoms with Crippen molar-refractivity contribution < 1.29 is 4.79 Å². The number of piperidine rings is 1. The number of amides is 1. The highest BCUT2D eigenvalue weighted by Gasteiger charge is 2.34. The van der Waals surface area contributed by atoms with Crippen molar-refractivity contribution in [1.82, 2.24) is 9.47 Å². The molecule has 2 aliphatic rings. The molecule has 36 heavy (non-hydrogen) atoms. The number of carbonyl (C=O) groups is 1. The maximum absolute atomic E-state index is 13.5. The lowest BCUT2D eigenvalue weighted by molar-refractivity contribution is -0.122. The van der Waals surface area contributed by atoms with E-state index in [-0.39, 0.29) is 17.0 Å². The maximum Gasteiger partial charge on any atom is 0.270 e. The van der Waals surface area contributed by atoms with E-state index < -0.39 is 0 Å². The molecular formula is C28H32N4O2S2. The zero-order valence-corrected chi connectivity index (χ0v) is 22.9. The van der Waals surface area contributed by atoms with Gasteiger partial charge in [-0.3, -0.25) is 19.1 Å². The van der Waals surface area contributed by atoms with E-state index in [2.05, 4.69) is 24.8 Å². The van der Waals surface area contributed by atoms with E-state index in [4.69, 9.17) is 12.2 Å². The Morgan fingerprint density at radius 2 is 1.83 bits per heavy atom. The summed E-state index contributed by atoms with van der Waals surface area (Å²) in [5.41, 5.74) is 2.26. The predicted octanol–water partition coefficient (Wildman–Crippen LogP) is 5.32. The number of anilines is 1. The van der Waals surface area contributed by atoms with Gasteiger partial charge in [0.25, 0.3) is 11.5 Å². The Morgan fingerprint density at radius 1 is 1.17 bits per heavy atom. The summed E-state index contributed by atoms with van der Waals surface area (Å²) in [6, 6.07) is 11.9. The van der Waals surface area contributed by atoms with Crippen molar-refractivity contribution in [2.45, 2.75) is 53.6 Å². The minimum Gasteiger partial charge on any atom is -0.357 e. The number of thioether (sulfide) groups is 1. The first-order valence-corrected chi connectivity index (χ1v) is 13.7. The molecule has 2 atom stereocenters.